The van der Waals surface area contributed by atoms with Crippen molar-refractivity contribution >= 4 is 19.3 Å². The van der Waals surface area contributed by atoms with E-state index in [0.29, 0.717) is 0 Å². The minimum atomic E-state index is -0.586. The number of benzene rings is 2. The van der Waals surface area contributed by atoms with Crippen LogP contribution in [0.1, 0.15) is 44.4 Å². The molecule has 1 fully saturated rings. The Kier molecular flexibility index (Phi) is 7.31. The monoisotopic (exact) mass is 437 g/mol. The quantitative estimate of drug-likeness (QED) is 0.622. The first-order valence-electron chi connectivity index (χ1n) is 10.8. The molecule has 2 aromatic rings. The lowest BCUT2D eigenvalue weighted by atomic mass is 9.77. The number of aryl methyl sites for hydroxylation is 1. The Bertz CT molecular complexity index is 956. The molecule has 0 spiro atoms. The van der Waals surface area contributed by atoms with Gasteiger partial charge in [0.2, 0.25) is 0 Å². The van der Waals surface area contributed by atoms with Crippen molar-refractivity contribution in [2.45, 2.75) is 52.4 Å². The number of carbonyl (C=O) groups excluding carboxylic acids is 1. The summed E-state index contributed by atoms with van der Waals surface area (Å²) in [6.07, 6.45) is 1.48. The maximum Gasteiger partial charge on any atom is 0.492 e. The number of rotatable bonds is 7. The zero-order chi connectivity index (χ0) is 23.4. The van der Waals surface area contributed by atoms with Crippen molar-refractivity contribution in [1.29, 1.82) is 0 Å². The molecule has 7 heteroatoms. The van der Waals surface area contributed by atoms with Crippen LogP contribution in [0, 0.1) is 6.92 Å². The van der Waals surface area contributed by atoms with Gasteiger partial charge in [0.25, 0.3) is 0 Å². The van der Waals surface area contributed by atoms with Crippen LogP contribution < -0.4 is 10.1 Å². The highest BCUT2D eigenvalue weighted by molar-refractivity contribution is 6.56. The summed E-state index contributed by atoms with van der Waals surface area (Å²) in [6, 6.07) is 15.5. The predicted octanol–water partition coefficient (Wildman–Crippen LogP) is 4.94. The van der Waals surface area contributed by atoms with E-state index < -0.39 is 24.4 Å². The van der Waals surface area contributed by atoms with Crippen LogP contribution in [-0.4, -0.2) is 38.1 Å². The summed E-state index contributed by atoms with van der Waals surface area (Å²) < 4.78 is 23.2. The Morgan fingerprint density at radius 1 is 1.06 bits per heavy atom. The van der Waals surface area contributed by atoms with E-state index in [1.54, 1.807) is 7.11 Å². The first-order chi connectivity index (χ1) is 15.1. The molecule has 170 valence electrons. The Labute approximate surface area is 191 Å². The van der Waals surface area contributed by atoms with Gasteiger partial charge in [-0.15, -0.1) is 0 Å². The van der Waals surface area contributed by atoms with Gasteiger partial charge in [-0.25, -0.2) is 4.79 Å². The molecule has 1 N–H and O–H groups in total. The summed E-state index contributed by atoms with van der Waals surface area (Å²) >= 11 is 0. The fraction of sp³-hybridized carbons (Fsp3) is 0.400. The van der Waals surface area contributed by atoms with Crippen LogP contribution >= 0.6 is 0 Å². The molecule has 1 aliphatic heterocycles. The molecule has 1 aliphatic rings. The van der Waals surface area contributed by atoms with Gasteiger partial charge < -0.3 is 24.1 Å². The predicted molar refractivity (Wildman–Crippen MR) is 126 cm³/mol. The molecule has 1 amide bonds. The Morgan fingerprint density at radius 3 is 2.31 bits per heavy atom. The van der Waals surface area contributed by atoms with Gasteiger partial charge in [-0.1, -0.05) is 42.5 Å². The Balaban J connectivity index is 1.75. The molecule has 1 saturated heterocycles. The minimum Gasteiger partial charge on any atom is -0.496 e. The van der Waals surface area contributed by atoms with Gasteiger partial charge in [0.15, 0.2) is 0 Å². The van der Waals surface area contributed by atoms with Gasteiger partial charge in [-0.05, 0) is 68.9 Å². The van der Waals surface area contributed by atoms with Crippen LogP contribution in [0.2, 0.25) is 0 Å². The fourth-order valence-corrected chi connectivity index (χ4v) is 3.35. The molecule has 0 bridgehead atoms. The summed E-state index contributed by atoms with van der Waals surface area (Å²) in [5.41, 5.74) is 2.74. The van der Waals surface area contributed by atoms with E-state index in [4.69, 9.17) is 18.8 Å². The second-order valence-corrected chi connectivity index (χ2v) is 8.95. The second kappa shape index (κ2) is 9.80. The van der Waals surface area contributed by atoms with Gasteiger partial charge in [0.05, 0.1) is 18.3 Å². The molecule has 0 saturated carbocycles. The Morgan fingerprint density at radius 2 is 1.72 bits per heavy atom. The average Bonchev–Trinajstić information content (AvgIpc) is 2.97. The standard InChI is InChI=1S/C25H32BNO5/c1-18-14-20(12-13-22(18)29-6)15-21(26-31-24(2,3)25(4,5)32-26)16-27-23(28)30-17-19-10-8-7-9-11-19/h7-15H,16-17H2,1-6H3,(H,27,28). The number of hydrogen-bond acceptors (Lipinski definition) is 5. The number of methoxy groups -OCH3 is 1. The van der Waals surface area contributed by atoms with Crippen LogP contribution in [0.3, 0.4) is 0 Å². The van der Waals surface area contributed by atoms with Gasteiger partial charge in [-0.2, -0.15) is 0 Å². The molecular weight excluding hydrogens is 405 g/mol. The van der Waals surface area contributed by atoms with E-state index in [9.17, 15) is 4.79 Å². The van der Waals surface area contributed by atoms with Crippen molar-refractivity contribution in [2.24, 2.45) is 0 Å². The molecule has 32 heavy (non-hydrogen) atoms. The molecule has 0 unspecified atom stereocenters. The maximum absolute atomic E-state index is 12.3. The van der Waals surface area contributed by atoms with Gasteiger partial charge in [0, 0.05) is 6.54 Å². The van der Waals surface area contributed by atoms with Crippen LogP contribution in [0.4, 0.5) is 4.79 Å². The fourth-order valence-electron chi connectivity index (χ4n) is 3.35. The highest BCUT2D eigenvalue weighted by Gasteiger charge is 2.52. The van der Waals surface area contributed by atoms with Crippen LogP contribution in [0.15, 0.2) is 54.0 Å². The molecule has 6 nitrogen and oxygen atoms in total. The van der Waals surface area contributed by atoms with E-state index in [2.05, 4.69) is 5.32 Å². The minimum absolute atomic E-state index is 0.208. The SMILES string of the molecule is COc1ccc(C=C(CNC(=O)OCc2ccccc2)B2OC(C)(C)C(C)(C)O2)cc1C. The van der Waals surface area contributed by atoms with E-state index in [1.165, 1.54) is 0 Å². The van der Waals surface area contributed by atoms with Crippen LogP contribution in [-0.2, 0) is 20.7 Å². The summed E-state index contributed by atoms with van der Waals surface area (Å²) in [4.78, 5) is 12.3. The smallest absolute Gasteiger partial charge is 0.492 e. The molecule has 1 heterocycles. The summed E-state index contributed by atoms with van der Waals surface area (Å²) in [5, 5.41) is 2.83. The van der Waals surface area contributed by atoms with Crippen molar-refractivity contribution in [1.82, 2.24) is 5.32 Å². The van der Waals surface area contributed by atoms with E-state index in [0.717, 1.165) is 27.9 Å². The zero-order valence-electron chi connectivity index (χ0n) is 19.7. The Hall–Kier alpha value is -2.77. The summed E-state index contributed by atoms with van der Waals surface area (Å²) in [6.45, 7) is 10.4. The summed E-state index contributed by atoms with van der Waals surface area (Å²) in [5.74, 6) is 0.821. The molecule has 3 rings (SSSR count). The average molecular weight is 437 g/mol. The third kappa shape index (κ3) is 5.72. The van der Waals surface area contributed by atoms with Gasteiger partial charge in [0.1, 0.15) is 12.4 Å². The maximum atomic E-state index is 12.3. The van der Waals surface area contributed by atoms with Crippen molar-refractivity contribution in [2.75, 3.05) is 13.7 Å². The molecule has 0 aliphatic carbocycles. The van der Waals surface area contributed by atoms with Crippen LogP contribution in [0.5, 0.6) is 5.75 Å². The highest BCUT2D eigenvalue weighted by Crippen LogP contribution is 2.38. The lowest BCUT2D eigenvalue weighted by molar-refractivity contribution is 0.00578. The third-order valence-electron chi connectivity index (χ3n) is 5.98. The lowest BCUT2D eigenvalue weighted by Crippen LogP contribution is -2.41. The van der Waals surface area contributed by atoms with Gasteiger partial charge in [-0.3, -0.25) is 0 Å². The first kappa shape index (κ1) is 23.9. The number of alkyl carbamates (subject to hydrolysis) is 1. The highest BCUT2D eigenvalue weighted by atomic mass is 16.7. The van der Waals surface area contributed by atoms with E-state index in [-0.39, 0.29) is 13.2 Å². The number of ether oxygens (including phenoxy) is 2. The van der Waals surface area contributed by atoms with E-state index >= 15 is 0 Å². The lowest BCUT2D eigenvalue weighted by Gasteiger charge is -2.32. The molecule has 0 radical (unpaired) electrons. The summed E-state index contributed by atoms with van der Waals surface area (Å²) in [7, 11) is 1.07. The second-order valence-electron chi connectivity index (χ2n) is 8.95. The molecular formula is C25H32BNO5. The number of nitrogens with one attached hydrogen (secondary N) is 1. The van der Waals surface area contributed by atoms with Crippen LogP contribution in [0.25, 0.3) is 6.08 Å². The largest absolute Gasteiger partial charge is 0.496 e. The van der Waals surface area contributed by atoms with Crippen molar-refractivity contribution < 1.29 is 23.6 Å². The number of hydrogen-bond donors (Lipinski definition) is 1. The third-order valence-corrected chi connectivity index (χ3v) is 5.98. The molecule has 0 atom stereocenters. The molecule has 0 aromatic heterocycles. The number of amides is 1. The zero-order valence-corrected chi connectivity index (χ0v) is 19.7. The topological polar surface area (TPSA) is 66.0 Å². The van der Waals surface area contributed by atoms with Crippen molar-refractivity contribution in [3.8, 4) is 5.75 Å². The van der Waals surface area contributed by atoms with Crippen molar-refractivity contribution in [3.63, 3.8) is 0 Å². The van der Waals surface area contributed by atoms with Gasteiger partial charge >= 0.3 is 13.2 Å². The van der Waals surface area contributed by atoms with Crippen molar-refractivity contribution in [3.05, 3.63) is 70.7 Å². The first-order valence-corrected chi connectivity index (χ1v) is 10.8. The molecule has 2 aromatic carbocycles. The van der Waals surface area contributed by atoms with E-state index in [1.807, 2.05) is 89.2 Å². The number of carbonyl (C=O) groups is 1. The normalized spacial score (nSPS) is 17.2.